The van der Waals surface area contributed by atoms with Gasteiger partial charge in [-0.3, -0.25) is 15.2 Å². The number of nitrogens with zero attached hydrogens (tertiary/aromatic N) is 2. The highest BCUT2D eigenvalue weighted by molar-refractivity contribution is 7.98. The Morgan fingerprint density at radius 3 is 2.57 bits per heavy atom. The van der Waals surface area contributed by atoms with Gasteiger partial charge in [-0.1, -0.05) is 36.4 Å². The zero-order chi connectivity index (χ0) is 21.6. The van der Waals surface area contributed by atoms with Crippen LogP contribution < -0.4 is 9.88 Å². The molecule has 0 radical (unpaired) electrons. The van der Waals surface area contributed by atoms with Crippen molar-refractivity contribution in [3.8, 4) is 17.0 Å². The number of rotatable bonds is 8. The average molecular weight is 423 g/mol. The number of hydrogen-bond acceptors (Lipinski definition) is 4. The summed E-state index contributed by atoms with van der Waals surface area (Å²) in [5, 5.41) is 12.4. The van der Waals surface area contributed by atoms with Gasteiger partial charge in [0.25, 0.3) is 0 Å². The molecule has 0 bridgehead atoms. The summed E-state index contributed by atoms with van der Waals surface area (Å²) in [6.45, 7) is 4.49. The summed E-state index contributed by atoms with van der Waals surface area (Å²) in [5.74, 6) is 4.26. The van der Waals surface area contributed by atoms with Crippen LogP contribution in [0.4, 0.5) is 0 Å². The molecule has 0 amide bonds. The van der Waals surface area contributed by atoms with E-state index in [0.29, 0.717) is 23.6 Å². The Labute approximate surface area is 177 Å². The van der Waals surface area contributed by atoms with Gasteiger partial charge in [-0.2, -0.15) is 5.10 Å². The standard InChI is InChI=1S/C23H26N4O2S/c1-4-20(26-17(2)18-8-6-5-7-9-18)14-15-29-21-12-10-19(11-13-21)23-22(16-25-27-23)30(3,24)28/h4-13,16H,3,14-15H2,1-2H3,(H2,24,28)(H,25,27)/b20-4-,26-17?. The number of H-pyrrole nitrogens is 1. The molecule has 3 rings (SSSR count). The normalized spacial score (nSPS) is 14.4. The third kappa shape index (κ3) is 5.46. The van der Waals surface area contributed by atoms with Crippen LogP contribution in [0.5, 0.6) is 5.75 Å². The molecule has 2 aromatic carbocycles. The largest absolute Gasteiger partial charge is 0.493 e. The average Bonchev–Trinajstić information content (AvgIpc) is 3.24. The van der Waals surface area contributed by atoms with Crippen molar-refractivity contribution in [2.24, 2.45) is 10.1 Å². The summed E-state index contributed by atoms with van der Waals surface area (Å²) >= 11 is 0. The van der Waals surface area contributed by atoms with Crippen molar-refractivity contribution in [3.05, 3.63) is 78.1 Å². The van der Waals surface area contributed by atoms with Crippen LogP contribution in [0.15, 0.2) is 82.5 Å². The second-order valence-corrected chi connectivity index (χ2v) is 8.69. The van der Waals surface area contributed by atoms with Crippen LogP contribution >= 0.6 is 0 Å². The first-order valence-electron chi connectivity index (χ1n) is 9.56. The van der Waals surface area contributed by atoms with Crippen molar-refractivity contribution in [3.63, 3.8) is 0 Å². The molecular formula is C23H26N4O2S. The van der Waals surface area contributed by atoms with Crippen molar-refractivity contribution < 1.29 is 8.95 Å². The first-order chi connectivity index (χ1) is 14.4. The smallest absolute Gasteiger partial charge is 0.119 e. The minimum absolute atomic E-state index is 0.403. The van der Waals surface area contributed by atoms with Gasteiger partial charge in [-0.05, 0) is 49.5 Å². The molecule has 0 aliphatic heterocycles. The molecule has 0 aliphatic rings. The van der Waals surface area contributed by atoms with E-state index >= 15 is 0 Å². The second-order valence-electron chi connectivity index (χ2n) is 6.80. The molecule has 3 N–H and O–H groups in total. The fraction of sp³-hybridized carbons (Fsp3) is 0.174. The maximum atomic E-state index is 12.1. The monoisotopic (exact) mass is 422 g/mol. The lowest BCUT2D eigenvalue weighted by molar-refractivity contribution is 0.321. The summed E-state index contributed by atoms with van der Waals surface area (Å²) in [5.41, 5.74) is 4.48. The Kier molecular flexibility index (Phi) is 6.87. The Morgan fingerprint density at radius 2 is 1.93 bits per heavy atom. The molecule has 3 aromatic rings. The number of nitrogens with one attached hydrogen (secondary N) is 1. The number of aromatic amines is 1. The number of benzene rings is 2. The molecule has 0 saturated carbocycles. The van der Waals surface area contributed by atoms with E-state index in [1.54, 1.807) is 0 Å². The van der Waals surface area contributed by atoms with Crippen molar-refractivity contribution in [1.82, 2.24) is 10.2 Å². The minimum atomic E-state index is -2.85. The fourth-order valence-corrected chi connectivity index (χ4v) is 3.70. The molecule has 30 heavy (non-hydrogen) atoms. The number of aromatic nitrogens is 2. The molecule has 0 saturated heterocycles. The third-order valence-electron chi connectivity index (χ3n) is 4.58. The molecule has 1 unspecified atom stereocenters. The summed E-state index contributed by atoms with van der Waals surface area (Å²) in [4.78, 5) is 5.12. The van der Waals surface area contributed by atoms with E-state index < -0.39 is 9.71 Å². The van der Waals surface area contributed by atoms with Gasteiger partial charge in [0.2, 0.25) is 0 Å². The van der Waals surface area contributed by atoms with E-state index in [1.807, 2.05) is 74.5 Å². The van der Waals surface area contributed by atoms with Gasteiger partial charge in [0.05, 0.1) is 33.1 Å². The minimum Gasteiger partial charge on any atom is -0.493 e. The topological polar surface area (TPSA) is 93.4 Å². The van der Waals surface area contributed by atoms with E-state index in [0.717, 1.165) is 28.3 Å². The van der Waals surface area contributed by atoms with Gasteiger partial charge in [-0.25, -0.2) is 4.21 Å². The Balaban J connectivity index is 1.61. The molecule has 6 nitrogen and oxygen atoms in total. The van der Waals surface area contributed by atoms with E-state index in [-0.39, 0.29) is 0 Å². The van der Waals surface area contributed by atoms with Crippen molar-refractivity contribution in [1.29, 1.82) is 0 Å². The zero-order valence-electron chi connectivity index (χ0n) is 17.2. The number of ether oxygens (including phenoxy) is 1. The zero-order valence-corrected chi connectivity index (χ0v) is 18.0. The number of nitrogens with two attached hydrogens (primary N) is 1. The van der Waals surface area contributed by atoms with Crippen LogP contribution in [0.3, 0.4) is 0 Å². The SMILES string of the molecule is C=S(N)(=O)c1cn[nH]c1-c1ccc(OCC/C(=C/C)N=C(C)c2ccccc2)cc1. The summed E-state index contributed by atoms with van der Waals surface area (Å²) < 4.78 is 17.9. The summed E-state index contributed by atoms with van der Waals surface area (Å²) in [6, 6.07) is 17.5. The number of aliphatic imine (C=N–C) groups is 1. The molecule has 0 spiro atoms. The highest BCUT2D eigenvalue weighted by atomic mass is 32.2. The van der Waals surface area contributed by atoms with Gasteiger partial charge >= 0.3 is 0 Å². The van der Waals surface area contributed by atoms with Crippen molar-refractivity contribution in [2.75, 3.05) is 6.61 Å². The summed E-state index contributed by atoms with van der Waals surface area (Å²) in [7, 11) is -2.85. The first kappa shape index (κ1) is 21.5. The highest BCUT2D eigenvalue weighted by Gasteiger charge is 2.13. The quantitative estimate of drug-likeness (QED) is 0.421. The van der Waals surface area contributed by atoms with Crippen LogP contribution in [0, 0.1) is 0 Å². The molecule has 0 fully saturated rings. The number of hydrogen-bond donors (Lipinski definition) is 2. The lowest BCUT2D eigenvalue weighted by Crippen LogP contribution is -2.12. The van der Waals surface area contributed by atoms with Gasteiger partial charge in [0.1, 0.15) is 5.75 Å². The Bertz CT molecular complexity index is 1150. The molecule has 1 heterocycles. The van der Waals surface area contributed by atoms with Crippen LogP contribution in [0.25, 0.3) is 11.3 Å². The first-order valence-corrected chi connectivity index (χ1v) is 11.3. The van der Waals surface area contributed by atoms with Crippen LogP contribution in [-0.4, -0.2) is 32.6 Å². The molecule has 1 aromatic heterocycles. The Hall–Kier alpha value is -3.16. The highest BCUT2D eigenvalue weighted by Crippen LogP contribution is 2.26. The Morgan fingerprint density at radius 1 is 1.23 bits per heavy atom. The lowest BCUT2D eigenvalue weighted by Gasteiger charge is -2.09. The predicted molar refractivity (Wildman–Crippen MR) is 124 cm³/mol. The second kappa shape index (κ2) is 9.56. The van der Waals surface area contributed by atoms with Gasteiger partial charge in [0, 0.05) is 23.4 Å². The van der Waals surface area contributed by atoms with Crippen molar-refractivity contribution in [2.45, 2.75) is 25.2 Å². The molecule has 7 heteroatoms. The number of allylic oxidation sites excluding steroid dienone is 1. The van der Waals surface area contributed by atoms with Gasteiger partial charge in [-0.15, -0.1) is 0 Å². The van der Waals surface area contributed by atoms with E-state index in [9.17, 15) is 4.21 Å². The molecule has 1 atom stereocenters. The lowest BCUT2D eigenvalue weighted by atomic mass is 10.1. The summed E-state index contributed by atoms with van der Waals surface area (Å²) in [6.07, 6.45) is 4.15. The van der Waals surface area contributed by atoms with Crippen LogP contribution in [-0.2, 0) is 9.71 Å². The van der Waals surface area contributed by atoms with E-state index in [2.05, 4.69) is 16.1 Å². The molecule has 156 valence electrons. The van der Waals surface area contributed by atoms with Crippen LogP contribution in [0.1, 0.15) is 25.8 Å². The van der Waals surface area contributed by atoms with Gasteiger partial charge < -0.3 is 4.74 Å². The molecule has 0 aliphatic carbocycles. The third-order valence-corrected chi connectivity index (χ3v) is 5.64. The van der Waals surface area contributed by atoms with Crippen LogP contribution in [0.2, 0.25) is 0 Å². The molecular weight excluding hydrogens is 396 g/mol. The van der Waals surface area contributed by atoms with E-state index in [1.165, 1.54) is 6.20 Å². The van der Waals surface area contributed by atoms with Crippen molar-refractivity contribution >= 4 is 21.3 Å². The fourth-order valence-electron chi connectivity index (χ4n) is 2.96. The van der Waals surface area contributed by atoms with Gasteiger partial charge in [0.15, 0.2) is 0 Å². The predicted octanol–water partition coefficient (Wildman–Crippen LogP) is 4.21. The maximum absolute atomic E-state index is 12.1. The van der Waals surface area contributed by atoms with E-state index in [4.69, 9.17) is 14.9 Å². The maximum Gasteiger partial charge on any atom is 0.119 e.